The van der Waals surface area contributed by atoms with Crippen LogP contribution in [0.5, 0.6) is 17.2 Å². The van der Waals surface area contributed by atoms with Gasteiger partial charge in [-0.05, 0) is 42.3 Å². The number of ketones is 1. The number of rotatable bonds is 6. The number of likely N-dealkylation sites (tertiary alicyclic amines) is 1. The smallest absolute Gasteiger partial charge is 0.295 e. The zero-order chi connectivity index (χ0) is 22.0. The molecule has 158 valence electrons. The Morgan fingerprint density at radius 3 is 2.37 bits per heavy atom. The molecular weight excluding hydrogens is 410 g/mol. The van der Waals surface area contributed by atoms with Crippen molar-refractivity contribution in [1.29, 1.82) is 0 Å². The van der Waals surface area contributed by atoms with Gasteiger partial charge >= 0.3 is 0 Å². The van der Waals surface area contributed by atoms with Crippen molar-refractivity contribution in [3.05, 3.63) is 58.1 Å². The number of nitrogens with zero attached hydrogens (tertiary/aromatic N) is 1. The average molecular weight is 432 g/mol. The molecule has 0 aromatic heterocycles. The number of hydrogen-bond donors (Lipinski definition) is 2. The van der Waals surface area contributed by atoms with Crippen LogP contribution in [0.4, 0.5) is 0 Å². The molecule has 1 atom stereocenters. The number of aromatic hydroxyl groups is 1. The fourth-order valence-corrected chi connectivity index (χ4v) is 3.76. The maximum absolute atomic E-state index is 12.9. The summed E-state index contributed by atoms with van der Waals surface area (Å²) in [7, 11) is 2.85. The molecule has 1 saturated heterocycles. The fourth-order valence-electron chi connectivity index (χ4n) is 3.59. The minimum absolute atomic E-state index is 0.0985. The molecule has 3 rings (SSSR count). The molecule has 2 N–H and O–H groups in total. The first-order chi connectivity index (χ1) is 14.3. The summed E-state index contributed by atoms with van der Waals surface area (Å²) >= 11 is 6.08. The molecule has 0 spiro atoms. The van der Waals surface area contributed by atoms with E-state index in [0.717, 1.165) is 0 Å². The van der Waals surface area contributed by atoms with Gasteiger partial charge in [-0.1, -0.05) is 24.6 Å². The number of carbonyl (C=O) groups is 2. The van der Waals surface area contributed by atoms with Crippen LogP contribution in [0.2, 0.25) is 5.02 Å². The highest BCUT2D eigenvalue weighted by Crippen LogP contribution is 2.43. The van der Waals surface area contributed by atoms with Crippen molar-refractivity contribution in [2.45, 2.75) is 19.4 Å². The number of amides is 1. The first-order valence-corrected chi connectivity index (χ1v) is 9.71. The molecular formula is C22H22ClNO6. The standard InChI is InChI=1S/C22H22ClNO6/c1-4-9-24-19(12-5-7-17(30-3)15(25)10-12)18(21(27)22(24)28)20(26)14-11-13(23)6-8-16(14)29-2/h5-8,10-11,19,25-26H,4,9H2,1-3H3/b20-18+. The Balaban J connectivity index is 2.26. The summed E-state index contributed by atoms with van der Waals surface area (Å²) in [5.74, 6) is -1.52. The third-order valence-electron chi connectivity index (χ3n) is 4.94. The molecule has 0 radical (unpaired) electrons. The van der Waals surface area contributed by atoms with Crippen LogP contribution in [0, 0.1) is 0 Å². The molecule has 0 aliphatic carbocycles. The van der Waals surface area contributed by atoms with Crippen molar-refractivity contribution in [3.8, 4) is 17.2 Å². The average Bonchev–Trinajstić information content (AvgIpc) is 2.98. The highest BCUT2D eigenvalue weighted by molar-refractivity contribution is 6.46. The largest absolute Gasteiger partial charge is 0.507 e. The normalized spacial score (nSPS) is 18.0. The van der Waals surface area contributed by atoms with Gasteiger partial charge in [0.15, 0.2) is 11.5 Å². The number of ether oxygens (including phenoxy) is 2. The Morgan fingerprint density at radius 2 is 1.77 bits per heavy atom. The Kier molecular flexibility index (Phi) is 6.22. The predicted molar refractivity (Wildman–Crippen MR) is 112 cm³/mol. The molecule has 30 heavy (non-hydrogen) atoms. The van der Waals surface area contributed by atoms with Gasteiger partial charge in [0.05, 0.1) is 31.4 Å². The predicted octanol–water partition coefficient (Wildman–Crippen LogP) is 3.89. The first kappa shape index (κ1) is 21.5. The zero-order valence-corrected chi connectivity index (χ0v) is 17.6. The summed E-state index contributed by atoms with van der Waals surface area (Å²) in [6.07, 6.45) is 0.603. The lowest BCUT2D eigenvalue weighted by Gasteiger charge is -2.25. The van der Waals surface area contributed by atoms with Gasteiger partial charge in [0.25, 0.3) is 11.7 Å². The van der Waals surface area contributed by atoms with E-state index in [0.29, 0.717) is 29.3 Å². The van der Waals surface area contributed by atoms with Crippen LogP contribution in [-0.4, -0.2) is 47.6 Å². The SMILES string of the molecule is CCCN1C(=O)C(=O)/C(=C(/O)c2cc(Cl)ccc2OC)C1c1ccc(OC)c(O)c1. The molecule has 2 aromatic carbocycles. The monoisotopic (exact) mass is 431 g/mol. The second kappa shape index (κ2) is 8.67. The number of carbonyl (C=O) groups excluding carboxylic acids is 2. The molecule has 0 bridgehead atoms. The van der Waals surface area contributed by atoms with Gasteiger partial charge in [-0.2, -0.15) is 0 Å². The van der Waals surface area contributed by atoms with E-state index in [1.165, 1.54) is 37.3 Å². The van der Waals surface area contributed by atoms with Crippen molar-refractivity contribution < 1.29 is 29.3 Å². The Labute approximate surface area is 179 Å². The summed E-state index contributed by atoms with van der Waals surface area (Å²) in [5.41, 5.74) is 0.560. The molecule has 8 heteroatoms. The maximum atomic E-state index is 12.9. The molecule has 7 nitrogen and oxygen atoms in total. The second-order valence-electron chi connectivity index (χ2n) is 6.77. The summed E-state index contributed by atoms with van der Waals surface area (Å²) in [5, 5.41) is 21.6. The molecule has 1 aliphatic rings. The fraction of sp³-hybridized carbons (Fsp3) is 0.273. The van der Waals surface area contributed by atoms with E-state index in [1.54, 1.807) is 18.2 Å². The second-order valence-corrected chi connectivity index (χ2v) is 7.20. The Bertz CT molecular complexity index is 1030. The van der Waals surface area contributed by atoms with Gasteiger partial charge in [-0.25, -0.2) is 0 Å². The Morgan fingerprint density at radius 1 is 1.10 bits per heavy atom. The van der Waals surface area contributed by atoms with E-state index in [1.807, 2.05) is 6.92 Å². The van der Waals surface area contributed by atoms with Crippen molar-refractivity contribution in [1.82, 2.24) is 4.90 Å². The van der Waals surface area contributed by atoms with Crippen LogP contribution in [0.25, 0.3) is 5.76 Å². The van der Waals surface area contributed by atoms with Gasteiger partial charge in [-0.3, -0.25) is 9.59 Å². The summed E-state index contributed by atoms with van der Waals surface area (Å²) in [6, 6.07) is 8.33. The van der Waals surface area contributed by atoms with E-state index in [2.05, 4.69) is 0 Å². The van der Waals surface area contributed by atoms with Gasteiger partial charge in [-0.15, -0.1) is 0 Å². The number of phenolic OH excluding ortho intramolecular Hbond substituents is 1. The number of benzene rings is 2. The number of aliphatic hydroxyl groups excluding tert-OH is 1. The van der Waals surface area contributed by atoms with Crippen LogP contribution in [-0.2, 0) is 9.59 Å². The van der Waals surface area contributed by atoms with E-state index < -0.39 is 23.5 Å². The van der Waals surface area contributed by atoms with E-state index in [9.17, 15) is 19.8 Å². The molecule has 1 heterocycles. The van der Waals surface area contributed by atoms with Gasteiger partial charge < -0.3 is 24.6 Å². The quantitative estimate of drug-likeness (QED) is 0.409. The zero-order valence-electron chi connectivity index (χ0n) is 16.8. The van der Waals surface area contributed by atoms with Crippen molar-refractivity contribution in [3.63, 3.8) is 0 Å². The number of hydrogen-bond acceptors (Lipinski definition) is 6. The molecule has 0 saturated carbocycles. The lowest BCUT2D eigenvalue weighted by molar-refractivity contribution is -0.139. The summed E-state index contributed by atoms with van der Waals surface area (Å²) < 4.78 is 10.4. The minimum atomic E-state index is -0.884. The van der Waals surface area contributed by atoms with E-state index >= 15 is 0 Å². The molecule has 2 aromatic rings. The van der Waals surface area contributed by atoms with Crippen LogP contribution in [0.1, 0.15) is 30.5 Å². The van der Waals surface area contributed by atoms with Crippen LogP contribution in [0.15, 0.2) is 42.0 Å². The number of Topliss-reactive ketones (excluding diaryl/α,β-unsaturated/α-hetero) is 1. The van der Waals surface area contributed by atoms with E-state index in [4.69, 9.17) is 21.1 Å². The first-order valence-electron chi connectivity index (χ1n) is 9.33. The third-order valence-corrected chi connectivity index (χ3v) is 5.17. The van der Waals surface area contributed by atoms with Crippen molar-refractivity contribution in [2.75, 3.05) is 20.8 Å². The minimum Gasteiger partial charge on any atom is -0.507 e. The number of methoxy groups -OCH3 is 2. The summed E-state index contributed by atoms with van der Waals surface area (Å²) in [4.78, 5) is 27.0. The maximum Gasteiger partial charge on any atom is 0.295 e. The highest BCUT2D eigenvalue weighted by atomic mass is 35.5. The molecule has 1 unspecified atom stereocenters. The lowest BCUT2D eigenvalue weighted by atomic mass is 9.94. The van der Waals surface area contributed by atoms with Crippen LogP contribution in [0.3, 0.4) is 0 Å². The van der Waals surface area contributed by atoms with E-state index in [-0.39, 0.29) is 22.6 Å². The van der Waals surface area contributed by atoms with Crippen LogP contribution >= 0.6 is 11.6 Å². The van der Waals surface area contributed by atoms with Gasteiger partial charge in [0, 0.05) is 11.6 Å². The molecule has 1 fully saturated rings. The number of aliphatic hydroxyl groups is 1. The van der Waals surface area contributed by atoms with Crippen molar-refractivity contribution >= 4 is 29.1 Å². The topological polar surface area (TPSA) is 96.3 Å². The number of phenols is 1. The van der Waals surface area contributed by atoms with Crippen molar-refractivity contribution in [2.24, 2.45) is 0 Å². The van der Waals surface area contributed by atoms with Gasteiger partial charge in [0.2, 0.25) is 0 Å². The lowest BCUT2D eigenvalue weighted by Crippen LogP contribution is -2.30. The third kappa shape index (κ3) is 3.68. The highest BCUT2D eigenvalue weighted by Gasteiger charge is 2.46. The van der Waals surface area contributed by atoms with Gasteiger partial charge in [0.1, 0.15) is 11.5 Å². The van der Waals surface area contributed by atoms with Crippen LogP contribution < -0.4 is 9.47 Å². The molecule has 1 aliphatic heterocycles. The number of halogens is 1. The Hall–Kier alpha value is -3.19. The summed E-state index contributed by atoms with van der Waals surface area (Å²) in [6.45, 7) is 2.17. The molecule has 1 amide bonds.